The van der Waals surface area contributed by atoms with Gasteiger partial charge in [0.1, 0.15) is 5.75 Å². The van der Waals surface area contributed by atoms with Crippen LogP contribution in [-0.4, -0.2) is 50.0 Å². The van der Waals surface area contributed by atoms with Gasteiger partial charge in [0.05, 0.1) is 26.4 Å². The molecular weight excluding hydrogens is 254 g/mol. The number of rotatable bonds is 10. The Morgan fingerprint density at radius 2 is 2.05 bits per heavy atom. The van der Waals surface area contributed by atoms with Crippen molar-refractivity contribution in [1.82, 2.24) is 4.90 Å². The minimum Gasteiger partial charge on any atom is -0.496 e. The quantitative estimate of drug-likeness (QED) is 0.714. The normalized spacial score (nSPS) is 12.7. The number of para-hydroxylation sites is 1. The van der Waals surface area contributed by atoms with E-state index in [0.29, 0.717) is 19.8 Å². The summed E-state index contributed by atoms with van der Waals surface area (Å²) < 4.78 is 10.8. The minimum absolute atomic E-state index is 0.342. The Hall–Kier alpha value is -1.10. The molecule has 0 saturated carbocycles. The zero-order chi connectivity index (χ0) is 14.8. The number of benzene rings is 1. The van der Waals surface area contributed by atoms with Gasteiger partial charge >= 0.3 is 0 Å². The van der Waals surface area contributed by atoms with Crippen molar-refractivity contribution in [2.24, 2.45) is 0 Å². The third kappa shape index (κ3) is 6.37. The summed E-state index contributed by atoms with van der Waals surface area (Å²) in [5.74, 6) is 0.821. The number of methoxy groups -OCH3 is 1. The summed E-state index contributed by atoms with van der Waals surface area (Å²) in [4.78, 5) is 2.14. The topological polar surface area (TPSA) is 41.9 Å². The highest BCUT2D eigenvalue weighted by Gasteiger charge is 2.09. The second-order valence-corrected chi connectivity index (χ2v) is 5.10. The molecule has 0 heterocycles. The highest BCUT2D eigenvalue weighted by molar-refractivity contribution is 5.32. The second kappa shape index (κ2) is 9.75. The molecule has 0 aliphatic rings. The molecule has 1 rings (SSSR count). The predicted molar refractivity (Wildman–Crippen MR) is 81.1 cm³/mol. The molecule has 4 nitrogen and oxygen atoms in total. The number of ether oxygens (including phenoxy) is 2. The standard InChI is InChI=1S/C16H27NO3/c1-4-5-10-17(2)11-15(18)13-20-12-14-8-6-7-9-16(14)19-3/h6-9,15,18H,4-5,10-13H2,1-3H3. The Morgan fingerprint density at radius 1 is 1.30 bits per heavy atom. The van der Waals surface area contributed by atoms with E-state index in [4.69, 9.17) is 9.47 Å². The smallest absolute Gasteiger partial charge is 0.124 e. The van der Waals surface area contributed by atoms with Crippen LogP contribution in [0.1, 0.15) is 25.3 Å². The summed E-state index contributed by atoms with van der Waals surface area (Å²) >= 11 is 0. The number of hydrogen-bond donors (Lipinski definition) is 1. The first-order valence-electron chi connectivity index (χ1n) is 7.23. The van der Waals surface area contributed by atoms with E-state index in [1.165, 1.54) is 6.42 Å². The largest absolute Gasteiger partial charge is 0.496 e. The molecular formula is C16H27NO3. The van der Waals surface area contributed by atoms with Crippen LogP contribution < -0.4 is 4.74 Å². The summed E-state index contributed by atoms with van der Waals surface area (Å²) in [6, 6.07) is 7.77. The van der Waals surface area contributed by atoms with E-state index in [9.17, 15) is 5.11 Å². The number of likely N-dealkylation sites (N-methyl/N-ethyl adjacent to an activating group) is 1. The van der Waals surface area contributed by atoms with Crippen LogP contribution in [0.4, 0.5) is 0 Å². The van der Waals surface area contributed by atoms with E-state index < -0.39 is 6.10 Å². The minimum atomic E-state index is -0.452. The Kier molecular flexibility index (Phi) is 8.26. The average Bonchev–Trinajstić information content (AvgIpc) is 2.45. The Labute approximate surface area is 122 Å². The van der Waals surface area contributed by atoms with Crippen LogP contribution in [0.3, 0.4) is 0 Å². The van der Waals surface area contributed by atoms with E-state index in [-0.39, 0.29) is 0 Å². The third-order valence-corrected chi connectivity index (χ3v) is 3.18. The van der Waals surface area contributed by atoms with Crippen molar-refractivity contribution in [3.8, 4) is 5.75 Å². The molecule has 1 aromatic carbocycles. The molecule has 0 fully saturated rings. The van der Waals surface area contributed by atoms with Crippen molar-refractivity contribution in [2.75, 3.05) is 33.9 Å². The van der Waals surface area contributed by atoms with E-state index in [0.717, 1.165) is 24.3 Å². The van der Waals surface area contributed by atoms with Crippen LogP contribution in [0, 0.1) is 0 Å². The van der Waals surface area contributed by atoms with Crippen LogP contribution in [0.5, 0.6) is 5.75 Å². The lowest BCUT2D eigenvalue weighted by Crippen LogP contribution is -2.32. The number of aliphatic hydroxyl groups is 1. The molecule has 114 valence electrons. The number of nitrogens with zero attached hydrogens (tertiary/aromatic N) is 1. The van der Waals surface area contributed by atoms with Gasteiger partial charge in [0.15, 0.2) is 0 Å². The summed E-state index contributed by atoms with van der Waals surface area (Å²) in [6.45, 7) is 4.63. The van der Waals surface area contributed by atoms with Crippen LogP contribution >= 0.6 is 0 Å². The monoisotopic (exact) mass is 281 g/mol. The van der Waals surface area contributed by atoms with E-state index in [2.05, 4.69) is 11.8 Å². The lowest BCUT2D eigenvalue weighted by atomic mass is 10.2. The number of hydrogen-bond acceptors (Lipinski definition) is 4. The molecule has 1 atom stereocenters. The van der Waals surface area contributed by atoms with Crippen molar-refractivity contribution in [1.29, 1.82) is 0 Å². The van der Waals surface area contributed by atoms with Gasteiger partial charge in [-0.25, -0.2) is 0 Å². The molecule has 1 unspecified atom stereocenters. The first-order chi connectivity index (χ1) is 9.67. The van der Waals surface area contributed by atoms with Crippen molar-refractivity contribution in [3.63, 3.8) is 0 Å². The molecule has 0 bridgehead atoms. The Morgan fingerprint density at radius 3 is 2.75 bits per heavy atom. The molecule has 0 saturated heterocycles. The fourth-order valence-electron chi connectivity index (χ4n) is 2.06. The molecule has 0 aliphatic heterocycles. The van der Waals surface area contributed by atoms with Gasteiger partial charge in [0, 0.05) is 12.1 Å². The second-order valence-electron chi connectivity index (χ2n) is 5.10. The molecule has 0 amide bonds. The van der Waals surface area contributed by atoms with E-state index >= 15 is 0 Å². The molecule has 20 heavy (non-hydrogen) atoms. The average molecular weight is 281 g/mol. The number of aliphatic hydroxyl groups excluding tert-OH is 1. The zero-order valence-corrected chi connectivity index (χ0v) is 12.8. The maximum atomic E-state index is 9.93. The third-order valence-electron chi connectivity index (χ3n) is 3.18. The lowest BCUT2D eigenvalue weighted by molar-refractivity contribution is 0.0131. The van der Waals surface area contributed by atoms with Crippen LogP contribution in [0.2, 0.25) is 0 Å². The fraction of sp³-hybridized carbons (Fsp3) is 0.625. The van der Waals surface area contributed by atoms with Crippen molar-refractivity contribution in [2.45, 2.75) is 32.5 Å². The van der Waals surface area contributed by atoms with Gasteiger partial charge in [0.2, 0.25) is 0 Å². The molecule has 4 heteroatoms. The van der Waals surface area contributed by atoms with Gasteiger partial charge < -0.3 is 19.5 Å². The lowest BCUT2D eigenvalue weighted by Gasteiger charge is -2.20. The van der Waals surface area contributed by atoms with Gasteiger partial charge in [-0.05, 0) is 26.1 Å². The van der Waals surface area contributed by atoms with Gasteiger partial charge in [-0.2, -0.15) is 0 Å². The van der Waals surface area contributed by atoms with Gasteiger partial charge in [-0.3, -0.25) is 0 Å². The highest BCUT2D eigenvalue weighted by Crippen LogP contribution is 2.17. The molecule has 0 aromatic heterocycles. The van der Waals surface area contributed by atoms with Gasteiger partial charge in [-0.1, -0.05) is 31.5 Å². The summed E-state index contributed by atoms with van der Waals surface area (Å²) in [6.07, 6.45) is 1.88. The fourth-order valence-corrected chi connectivity index (χ4v) is 2.06. The Balaban J connectivity index is 2.26. The molecule has 1 N–H and O–H groups in total. The van der Waals surface area contributed by atoms with Crippen LogP contribution in [-0.2, 0) is 11.3 Å². The first-order valence-corrected chi connectivity index (χ1v) is 7.23. The maximum absolute atomic E-state index is 9.93. The molecule has 0 aliphatic carbocycles. The number of unbranched alkanes of at least 4 members (excludes halogenated alkanes) is 1. The molecule has 0 radical (unpaired) electrons. The predicted octanol–water partition coefficient (Wildman–Crippen LogP) is 2.30. The molecule has 1 aromatic rings. The van der Waals surface area contributed by atoms with Gasteiger partial charge in [0.25, 0.3) is 0 Å². The zero-order valence-electron chi connectivity index (χ0n) is 12.8. The van der Waals surface area contributed by atoms with Crippen molar-refractivity contribution in [3.05, 3.63) is 29.8 Å². The summed E-state index contributed by atoms with van der Waals surface area (Å²) in [5.41, 5.74) is 1.00. The summed E-state index contributed by atoms with van der Waals surface area (Å²) in [7, 11) is 3.68. The van der Waals surface area contributed by atoms with Crippen molar-refractivity contribution >= 4 is 0 Å². The van der Waals surface area contributed by atoms with Crippen LogP contribution in [0.15, 0.2) is 24.3 Å². The molecule has 0 spiro atoms. The van der Waals surface area contributed by atoms with Crippen LogP contribution in [0.25, 0.3) is 0 Å². The van der Waals surface area contributed by atoms with Gasteiger partial charge in [-0.15, -0.1) is 0 Å². The highest BCUT2D eigenvalue weighted by atomic mass is 16.5. The first kappa shape index (κ1) is 17.0. The van der Waals surface area contributed by atoms with E-state index in [1.54, 1.807) is 7.11 Å². The van der Waals surface area contributed by atoms with E-state index in [1.807, 2.05) is 31.3 Å². The maximum Gasteiger partial charge on any atom is 0.124 e. The summed E-state index contributed by atoms with van der Waals surface area (Å²) in [5, 5.41) is 9.93. The SMILES string of the molecule is CCCCN(C)CC(O)COCc1ccccc1OC. The Bertz CT molecular complexity index is 370. The van der Waals surface area contributed by atoms with Crippen molar-refractivity contribution < 1.29 is 14.6 Å².